The largest absolute Gasteiger partial charge is 0.300 e. The molecule has 0 radical (unpaired) electrons. The van der Waals surface area contributed by atoms with E-state index in [2.05, 4.69) is 11.8 Å². The summed E-state index contributed by atoms with van der Waals surface area (Å²) in [6, 6.07) is 7.77. The average Bonchev–Trinajstić information content (AvgIpc) is 2.37. The topological polar surface area (TPSA) is 20.3 Å². The Bertz CT molecular complexity index is 471. The van der Waals surface area contributed by atoms with Crippen molar-refractivity contribution in [1.29, 1.82) is 0 Å². The molecule has 1 aromatic carbocycles. The molecule has 2 heterocycles. The van der Waals surface area contributed by atoms with Crippen LogP contribution in [0.4, 0.5) is 4.39 Å². The van der Waals surface area contributed by atoms with Crippen molar-refractivity contribution in [3.63, 3.8) is 0 Å². The van der Waals surface area contributed by atoms with Gasteiger partial charge in [0.05, 0.1) is 0 Å². The van der Waals surface area contributed by atoms with Crippen LogP contribution >= 0.6 is 0 Å². The molecule has 2 nitrogen and oxygen atoms in total. The fraction of sp³-hybridized carbons (Fsp3) is 0.562. The molecule has 2 bridgehead atoms. The van der Waals surface area contributed by atoms with Crippen LogP contribution in [-0.4, -0.2) is 22.8 Å². The molecule has 0 saturated carbocycles. The van der Waals surface area contributed by atoms with Crippen LogP contribution in [0, 0.1) is 5.82 Å². The molecule has 0 amide bonds. The molecule has 0 aromatic heterocycles. The highest BCUT2D eigenvalue weighted by Gasteiger charge is 2.40. The van der Waals surface area contributed by atoms with Crippen LogP contribution in [-0.2, 0) is 4.79 Å². The fourth-order valence-corrected chi connectivity index (χ4v) is 3.78. The Kier molecular flexibility index (Phi) is 3.40. The van der Waals surface area contributed by atoms with Crippen LogP contribution in [0.1, 0.15) is 50.6 Å². The Morgan fingerprint density at radius 1 is 1.26 bits per heavy atom. The summed E-state index contributed by atoms with van der Waals surface area (Å²) in [5, 5.41) is 0. The minimum absolute atomic E-state index is 0.178. The summed E-state index contributed by atoms with van der Waals surface area (Å²) in [5.74, 6) is 0.222. The van der Waals surface area contributed by atoms with Crippen molar-refractivity contribution in [2.45, 2.75) is 57.2 Å². The molecule has 3 unspecified atom stereocenters. The van der Waals surface area contributed by atoms with Crippen LogP contribution in [0.25, 0.3) is 0 Å². The van der Waals surface area contributed by atoms with Crippen LogP contribution < -0.4 is 0 Å². The molecule has 19 heavy (non-hydrogen) atoms. The van der Waals surface area contributed by atoms with Crippen molar-refractivity contribution in [3.05, 3.63) is 35.6 Å². The maximum Gasteiger partial charge on any atom is 0.136 e. The van der Waals surface area contributed by atoms with Crippen molar-refractivity contribution in [1.82, 2.24) is 4.90 Å². The van der Waals surface area contributed by atoms with Crippen molar-refractivity contribution < 1.29 is 9.18 Å². The summed E-state index contributed by atoms with van der Waals surface area (Å²) in [4.78, 5) is 14.2. The molecule has 3 rings (SSSR count). The molecule has 3 atom stereocenters. The van der Waals surface area contributed by atoms with Crippen LogP contribution in [0.5, 0.6) is 0 Å². The van der Waals surface area contributed by atoms with Crippen LogP contribution in [0.15, 0.2) is 24.3 Å². The Morgan fingerprint density at radius 2 is 1.95 bits per heavy atom. The lowest BCUT2D eigenvalue weighted by molar-refractivity contribution is -0.128. The van der Waals surface area contributed by atoms with E-state index in [1.165, 1.54) is 12.5 Å². The third-order valence-electron chi connectivity index (χ3n) is 4.62. The van der Waals surface area contributed by atoms with Gasteiger partial charge in [-0.1, -0.05) is 18.6 Å². The molecule has 102 valence electrons. The SMILES string of the molecule is CC(c1cccc(F)c1)N1C2CCCC1CC(=O)C2. The Balaban J connectivity index is 1.86. The number of nitrogens with zero attached hydrogens (tertiary/aromatic N) is 1. The van der Waals surface area contributed by atoms with Crippen LogP contribution in [0.3, 0.4) is 0 Å². The number of halogens is 1. The number of carbonyl (C=O) groups excluding carboxylic acids is 1. The first-order valence-corrected chi connectivity index (χ1v) is 7.20. The van der Waals surface area contributed by atoms with Crippen molar-refractivity contribution in [2.75, 3.05) is 0 Å². The van der Waals surface area contributed by atoms with E-state index in [1.54, 1.807) is 12.1 Å². The van der Waals surface area contributed by atoms with Gasteiger partial charge < -0.3 is 0 Å². The lowest BCUT2D eigenvalue weighted by Crippen LogP contribution is -2.53. The van der Waals surface area contributed by atoms with Gasteiger partial charge in [0.1, 0.15) is 11.6 Å². The summed E-state index contributed by atoms with van der Waals surface area (Å²) < 4.78 is 13.4. The molecule has 2 aliphatic heterocycles. The van der Waals surface area contributed by atoms with E-state index < -0.39 is 0 Å². The van der Waals surface area contributed by atoms with Crippen molar-refractivity contribution >= 4 is 5.78 Å². The molecule has 2 fully saturated rings. The zero-order valence-corrected chi connectivity index (χ0v) is 11.3. The van der Waals surface area contributed by atoms with Gasteiger partial charge in [0.25, 0.3) is 0 Å². The van der Waals surface area contributed by atoms with Crippen LogP contribution in [0.2, 0.25) is 0 Å². The summed E-state index contributed by atoms with van der Waals surface area (Å²) in [6.45, 7) is 2.13. The van der Waals surface area contributed by atoms with Gasteiger partial charge in [0.2, 0.25) is 0 Å². The number of hydrogen-bond acceptors (Lipinski definition) is 2. The number of carbonyl (C=O) groups is 1. The van der Waals surface area contributed by atoms with Gasteiger partial charge in [-0.2, -0.15) is 0 Å². The highest BCUT2D eigenvalue weighted by molar-refractivity contribution is 5.80. The van der Waals surface area contributed by atoms with E-state index in [9.17, 15) is 9.18 Å². The van der Waals surface area contributed by atoms with E-state index in [0.29, 0.717) is 30.7 Å². The molecule has 0 aliphatic carbocycles. The second kappa shape index (κ2) is 5.04. The third kappa shape index (κ3) is 2.44. The van der Waals surface area contributed by atoms with Gasteiger partial charge in [-0.15, -0.1) is 0 Å². The number of benzene rings is 1. The van der Waals surface area contributed by atoms with Gasteiger partial charge in [-0.25, -0.2) is 4.39 Å². The normalized spacial score (nSPS) is 29.3. The molecule has 2 aliphatic rings. The highest BCUT2D eigenvalue weighted by Crippen LogP contribution is 2.38. The smallest absolute Gasteiger partial charge is 0.136 e. The lowest BCUT2D eigenvalue weighted by Gasteiger charge is -2.48. The summed E-state index contributed by atoms with van der Waals surface area (Å²) >= 11 is 0. The van der Waals surface area contributed by atoms with E-state index in [-0.39, 0.29) is 11.9 Å². The van der Waals surface area contributed by atoms with E-state index >= 15 is 0 Å². The molecule has 0 spiro atoms. The quantitative estimate of drug-likeness (QED) is 0.812. The Labute approximate surface area is 113 Å². The maximum atomic E-state index is 13.4. The molecular weight excluding hydrogens is 241 g/mol. The minimum Gasteiger partial charge on any atom is -0.300 e. The number of piperidine rings is 2. The molecule has 2 saturated heterocycles. The lowest BCUT2D eigenvalue weighted by atomic mass is 9.82. The second-order valence-corrected chi connectivity index (χ2v) is 5.86. The monoisotopic (exact) mass is 261 g/mol. The number of hydrogen-bond donors (Lipinski definition) is 0. The van der Waals surface area contributed by atoms with Gasteiger partial charge in [0, 0.05) is 31.0 Å². The second-order valence-electron chi connectivity index (χ2n) is 5.86. The van der Waals surface area contributed by atoms with Gasteiger partial charge in [-0.3, -0.25) is 9.69 Å². The molecular formula is C16H20FNO. The fourth-order valence-electron chi connectivity index (χ4n) is 3.78. The molecule has 1 aromatic rings. The number of Topliss-reactive ketones (excluding diaryl/α,β-unsaturated/α-hetero) is 1. The van der Waals surface area contributed by atoms with E-state index in [1.807, 2.05) is 6.07 Å². The van der Waals surface area contributed by atoms with Crippen molar-refractivity contribution in [3.8, 4) is 0 Å². The first-order valence-electron chi connectivity index (χ1n) is 7.20. The van der Waals surface area contributed by atoms with Crippen molar-refractivity contribution in [2.24, 2.45) is 0 Å². The third-order valence-corrected chi connectivity index (χ3v) is 4.62. The molecule has 3 heteroatoms. The van der Waals surface area contributed by atoms with Gasteiger partial charge in [0.15, 0.2) is 0 Å². The summed E-state index contributed by atoms with van der Waals surface area (Å²) in [5.41, 5.74) is 1.02. The standard InChI is InChI=1S/C16H20FNO/c1-11(12-4-2-5-13(17)8-12)18-14-6-3-7-15(18)10-16(19)9-14/h2,4-5,8,11,14-15H,3,6-7,9-10H2,1H3. The van der Waals surface area contributed by atoms with Gasteiger partial charge in [-0.05, 0) is 37.5 Å². The zero-order valence-electron chi connectivity index (χ0n) is 11.3. The Morgan fingerprint density at radius 3 is 2.58 bits per heavy atom. The predicted octanol–water partition coefficient (Wildman–Crippen LogP) is 3.47. The van der Waals surface area contributed by atoms with E-state index in [0.717, 1.165) is 18.4 Å². The summed E-state index contributed by atoms with van der Waals surface area (Å²) in [6.07, 6.45) is 4.77. The minimum atomic E-state index is -0.178. The molecule has 0 N–H and O–H groups in total. The maximum absolute atomic E-state index is 13.4. The number of ketones is 1. The highest BCUT2D eigenvalue weighted by atomic mass is 19.1. The van der Waals surface area contributed by atoms with Gasteiger partial charge >= 0.3 is 0 Å². The average molecular weight is 261 g/mol. The Hall–Kier alpha value is -1.22. The predicted molar refractivity (Wildman–Crippen MR) is 72.3 cm³/mol. The summed E-state index contributed by atoms with van der Waals surface area (Å²) in [7, 11) is 0. The van der Waals surface area contributed by atoms with E-state index in [4.69, 9.17) is 0 Å². The number of fused-ring (bicyclic) bond motifs is 2. The number of rotatable bonds is 2. The zero-order chi connectivity index (χ0) is 13.4. The first kappa shape index (κ1) is 12.8. The first-order chi connectivity index (χ1) is 9.15.